The summed E-state index contributed by atoms with van der Waals surface area (Å²) >= 11 is 1.77. The van der Waals surface area contributed by atoms with Crippen molar-refractivity contribution in [2.24, 2.45) is 0 Å². The van der Waals surface area contributed by atoms with E-state index < -0.39 is 0 Å². The third kappa shape index (κ3) is 4.73. The molecule has 6 heteroatoms. The zero-order valence-electron chi connectivity index (χ0n) is 19.7. The second-order valence-corrected chi connectivity index (χ2v) is 10.2. The van der Waals surface area contributed by atoms with Crippen molar-refractivity contribution in [2.75, 3.05) is 37.6 Å². The highest BCUT2D eigenvalue weighted by molar-refractivity contribution is 7.10. The first-order valence-corrected chi connectivity index (χ1v) is 13.0. The van der Waals surface area contributed by atoms with Gasteiger partial charge in [0.25, 0.3) is 0 Å². The summed E-state index contributed by atoms with van der Waals surface area (Å²) < 4.78 is 0. The van der Waals surface area contributed by atoms with E-state index in [0.29, 0.717) is 19.6 Å². The molecule has 0 aliphatic carbocycles. The van der Waals surface area contributed by atoms with Crippen molar-refractivity contribution in [1.29, 1.82) is 0 Å². The van der Waals surface area contributed by atoms with Crippen molar-refractivity contribution < 1.29 is 9.59 Å². The minimum Gasteiger partial charge on any atom is -0.368 e. The standard InChI is InChI=1S/C28H31N3O2S/c1-21-6-5-7-22(20-21)28-24-13-19-34-25(24)12-14-31(28)27(33)11-10-26(32)30-17-15-29(16-18-30)23-8-3-2-4-9-23/h2-9,13,19-20,28H,10-12,14-18H2,1H3. The van der Waals surface area contributed by atoms with Gasteiger partial charge in [0.05, 0.1) is 6.04 Å². The molecule has 1 aromatic heterocycles. The Kier molecular flexibility index (Phi) is 6.68. The van der Waals surface area contributed by atoms with Gasteiger partial charge in [-0.15, -0.1) is 11.3 Å². The summed E-state index contributed by atoms with van der Waals surface area (Å²) in [5.74, 6) is 0.154. The fourth-order valence-corrected chi connectivity index (χ4v) is 6.06. The van der Waals surface area contributed by atoms with Gasteiger partial charge >= 0.3 is 0 Å². The molecular formula is C28H31N3O2S. The number of nitrogens with zero attached hydrogens (tertiary/aromatic N) is 3. The second kappa shape index (κ2) is 10.0. The molecule has 3 heterocycles. The van der Waals surface area contributed by atoms with Crippen LogP contribution in [0.15, 0.2) is 66.0 Å². The highest BCUT2D eigenvalue weighted by Gasteiger charge is 2.33. The van der Waals surface area contributed by atoms with E-state index in [4.69, 9.17) is 0 Å². The topological polar surface area (TPSA) is 43.9 Å². The Morgan fingerprint density at radius 1 is 0.882 bits per heavy atom. The fourth-order valence-electron chi connectivity index (χ4n) is 5.15. The van der Waals surface area contributed by atoms with Crippen LogP contribution >= 0.6 is 11.3 Å². The number of amides is 2. The Morgan fingerprint density at radius 2 is 1.65 bits per heavy atom. The molecular weight excluding hydrogens is 442 g/mol. The van der Waals surface area contributed by atoms with Crippen molar-refractivity contribution in [1.82, 2.24) is 9.80 Å². The zero-order valence-corrected chi connectivity index (χ0v) is 20.5. The molecule has 0 radical (unpaired) electrons. The van der Waals surface area contributed by atoms with E-state index in [1.54, 1.807) is 11.3 Å². The summed E-state index contributed by atoms with van der Waals surface area (Å²) in [6.45, 7) is 5.85. The van der Waals surface area contributed by atoms with Crippen molar-refractivity contribution in [2.45, 2.75) is 32.2 Å². The highest BCUT2D eigenvalue weighted by Crippen LogP contribution is 2.38. The number of benzene rings is 2. The van der Waals surface area contributed by atoms with Crippen LogP contribution in [0.1, 0.15) is 40.5 Å². The molecule has 5 rings (SSSR count). The number of fused-ring (bicyclic) bond motifs is 1. The molecule has 5 nitrogen and oxygen atoms in total. The first kappa shape index (κ1) is 22.7. The molecule has 2 aromatic carbocycles. The molecule has 0 saturated carbocycles. The molecule has 1 fully saturated rings. The second-order valence-electron chi connectivity index (χ2n) is 9.16. The summed E-state index contributed by atoms with van der Waals surface area (Å²) in [6, 6.07) is 20.9. The maximum Gasteiger partial charge on any atom is 0.223 e. The van der Waals surface area contributed by atoms with Crippen LogP contribution in [-0.4, -0.2) is 54.3 Å². The largest absolute Gasteiger partial charge is 0.368 e. The SMILES string of the molecule is Cc1cccc(C2c3ccsc3CCN2C(=O)CCC(=O)N2CCN(c3ccccc3)CC2)c1. The molecule has 0 N–H and O–H groups in total. The van der Waals surface area contributed by atoms with E-state index in [-0.39, 0.29) is 30.7 Å². The number of anilines is 1. The molecule has 0 bridgehead atoms. The number of carbonyl (C=O) groups excluding carboxylic acids is 2. The van der Waals surface area contributed by atoms with E-state index in [9.17, 15) is 9.59 Å². The number of aryl methyl sites for hydroxylation is 1. The number of carbonyl (C=O) groups is 2. The van der Waals surface area contributed by atoms with Gasteiger partial charge in [0.15, 0.2) is 0 Å². The van der Waals surface area contributed by atoms with E-state index >= 15 is 0 Å². The van der Waals surface area contributed by atoms with Crippen LogP contribution < -0.4 is 4.90 Å². The van der Waals surface area contributed by atoms with Crippen LogP contribution in [-0.2, 0) is 16.0 Å². The lowest BCUT2D eigenvalue weighted by atomic mass is 9.92. The Morgan fingerprint density at radius 3 is 2.41 bits per heavy atom. The monoisotopic (exact) mass is 473 g/mol. The lowest BCUT2D eigenvalue weighted by molar-refractivity contribution is -0.138. The average Bonchev–Trinajstić information content (AvgIpc) is 3.36. The molecule has 176 valence electrons. The lowest BCUT2D eigenvalue weighted by Gasteiger charge is -2.37. The summed E-state index contributed by atoms with van der Waals surface area (Å²) in [6.07, 6.45) is 1.42. The molecule has 1 unspecified atom stereocenters. The van der Waals surface area contributed by atoms with E-state index in [1.165, 1.54) is 21.7 Å². The number of para-hydroxylation sites is 1. The van der Waals surface area contributed by atoms with Gasteiger partial charge in [-0.25, -0.2) is 0 Å². The predicted molar refractivity (Wildman–Crippen MR) is 137 cm³/mol. The van der Waals surface area contributed by atoms with Crippen LogP contribution in [0.2, 0.25) is 0 Å². The normalized spacial score (nSPS) is 18.0. The molecule has 2 aliphatic heterocycles. The Hall–Kier alpha value is -3.12. The summed E-state index contributed by atoms with van der Waals surface area (Å²) in [5, 5.41) is 2.13. The number of rotatable bonds is 5. The fraction of sp³-hybridized carbons (Fsp3) is 0.357. The Labute approximate surface area is 205 Å². The average molecular weight is 474 g/mol. The number of hydrogen-bond donors (Lipinski definition) is 0. The molecule has 2 aliphatic rings. The maximum atomic E-state index is 13.4. The minimum atomic E-state index is -0.0630. The first-order chi connectivity index (χ1) is 16.6. The van der Waals surface area contributed by atoms with E-state index in [1.807, 2.05) is 28.0 Å². The Bertz CT molecular complexity index is 1150. The van der Waals surface area contributed by atoms with Crippen molar-refractivity contribution in [3.8, 4) is 0 Å². The van der Waals surface area contributed by atoms with Crippen molar-refractivity contribution >= 4 is 28.8 Å². The van der Waals surface area contributed by atoms with Crippen LogP contribution in [0.4, 0.5) is 5.69 Å². The van der Waals surface area contributed by atoms with Gasteiger partial charge in [-0.3, -0.25) is 9.59 Å². The van der Waals surface area contributed by atoms with Crippen LogP contribution in [0, 0.1) is 6.92 Å². The molecule has 1 atom stereocenters. The number of piperazine rings is 1. The Balaban J connectivity index is 1.21. The smallest absolute Gasteiger partial charge is 0.223 e. The quantitative estimate of drug-likeness (QED) is 0.541. The number of thiophene rings is 1. The summed E-state index contributed by atoms with van der Waals surface area (Å²) in [4.78, 5) is 33.9. The molecule has 34 heavy (non-hydrogen) atoms. The number of hydrogen-bond acceptors (Lipinski definition) is 4. The first-order valence-electron chi connectivity index (χ1n) is 12.1. The van der Waals surface area contributed by atoms with Gasteiger partial charge in [0.2, 0.25) is 11.8 Å². The lowest BCUT2D eigenvalue weighted by Crippen LogP contribution is -2.49. The van der Waals surface area contributed by atoms with Gasteiger partial charge in [-0.1, -0.05) is 48.0 Å². The van der Waals surface area contributed by atoms with Gasteiger partial charge in [0.1, 0.15) is 0 Å². The van der Waals surface area contributed by atoms with Crippen molar-refractivity contribution in [3.63, 3.8) is 0 Å². The molecule has 3 aromatic rings. The predicted octanol–water partition coefficient (Wildman–Crippen LogP) is 4.66. The third-order valence-electron chi connectivity index (χ3n) is 6.95. The molecule has 0 spiro atoms. The zero-order chi connectivity index (χ0) is 23.5. The van der Waals surface area contributed by atoms with Gasteiger partial charge in [0, 0.05) is 56.1 Å². The summed E-state index contributed by atoms with van der Waals surface area (Å²) in [5.41, 5.74) is 4.77. The van der Waals surface area contributed by atoms with Gasteiger partial charge in [-0.2, -0.15) is 0 Å². The maximum absolute atomic E-state index is 13.4. The molecule has 1 saturated heterocycles. The minimum absolute atomic E-state index is 0.0630. The van der Waals surface area contributed by atoms with Crippen molar-refractivity contribution in [3.05, 3.63) is 87.6 Å². The van der Waals surface area contributed by atoms with Crippen LogP contribution in [0.5, 0.6) is 0 Å². The third-order valence-corrected chi connectivity index (χ3v) is 7.95. The van der Waals surface area contributed by atoms with E-state index in [0.717, 1.165) is 25.1 Å². The van der Waals surface area contributed by atoms with E-state index in [2.05, 4.69) is 59.7 Å². The van der Waals surface area contributed by atoms with Gasteiger partial charge in [-0.05, 0) is 48.1 Å². The summed E-state index contributed by atoms with van der Waals surface area (Å²) in [7, 11) is 0. The molecule has 2 amide bonds. The van der Waals surface area contributed by atoms with Crippen LogP contribution in [0.3, 0.4) is 0 Å². The highest BCUT2D eigenvalue weighted by atomic mass is 32.1. The van der Waals surface area contributed by atoms with Crippen LogP contribution in [0.25, 0.3) is 0 Å². The van der Waals surface area contributed by atoms with Gasteiger partial charge < -0.3 is 14.7 Å².